The molecule has 0 heterocycles. The molecule has 0 amide bonds. The van der Waals surface area contributed by atoms with Crippen molar-refractivity contribution >= 4 is 5.69 Å². The summed E-state index contributed by atoms with van der Waals surface area (Å²) < 4.78 is 37.2. The molecule has 15 heavy (non-hydrogen) atoms. The standard InChI is InChI=1S/C9H8F3NO2/c1-5-3-6(2)8(13(14)15)4-7(5)9(10,11)12/h3-4H,1-2H3. The Bertz CT molecular complexity index is 413. The summed E-state index contributed by atoms with van der Waals surface area (Å²) in [5, 5.41) is 10.5. The summed E-state index contributed by atoms with van der Waals surface area (Å²) in [6.45, 7) is 2.69. The zero-order valence-electron chi connectivity index (χ0n) is 8.05. The summed E-state index contributed by atoms with van der Waals surface area (Å²) in [6, 6.07) is 1.74. The van der Waals surface area contributed by atoms with Gasteiger partial charge in [-0.1, -0.05) is 0 Å². The van der Waals surface area contributed by atoms with Gasteiger partial charge in [0.1, 0.15) is 0 Å². The van der Waals surface area contributed by atoms with E-state index in [9.17, 15) is 23.3 Å². The highest BCUT2D eigenvalue weighted by Crippen LogP contribution is 2.35. The third-order valence-electron chi connectivity index (χ3n) is 2.05. The summed E-state index contributed by atoms with van der Waals surface area (Å²) in [7, 11) is 0. The highest BCUT2D eigenvalue weighted by Gasteiger charge is 2.34. The van der Waals surface area contributed by atoms with Crippen molar-refractivity contribution in [2.45, 2.75) is 20.0 Å². The number of benzene rings is 1. The number of halogens is 3. The van der Waals surface area contributed by atoms with Crippen molar-refractivity contribution in [1.82, 2.24) is 0 Å². The quantitative estimate of drug-likeness (QED) is 0.537. The first-order valence-corrected chi connectivity index (χ1v) is 4.06. The van der Waals surface area contributed by atoms with Crippen molar-refractivity contribution in [3.63, 3.8) is 0 Å². The van der Waals surface area contributed by atoms with E-state index in [2.05, 4.69) is 0 Å². The van der Waals surface area contributed by atoms with Gasteiger partial charge >= 0.3 is 6.18 Å². The van der Waals surface area contributed by atoms with Gasteiger partial charge in [-0.05, 0) is 25.5 Å². The summed E-state index contributed by atoms with van der Waals surface area (Å²) in [4.78, 5) is 9.63. The van der Waals surface area contributed by atoms with Crippen molar-refractivity contribution in [2.24, 2.45) is 0 Å². The number of rotatable bonds is 1. The summed E-state index contributed by atoms with van der Waals surface area (Å²) >= 11 is 0. The lowest BCUT2D eigenvalue weighted by Crippen LogP contribution is -2.08. The molecule has 0 aromatic heterocycles. The second-order valence-corrected chi connectivity index (χ2v) is 3.21. The molecule has 0 unspecified atom stereocenters. The SMILES string of the molecule is Cc1cc(C)c(C(F)(F)F)cc1[N+](=O)[O-]. The minimum absolute atomic E-state index is 0.00870. The van der Waals surface area contributed by atoms with Crippen LogP contribution in [-0.2, 0) is 6.18 Å². The Hall–Kier alpha value is -1.59. The number of alkyl halides is 3. The largest absolute Gasteiger partial charge is 0.416 e. The van der Waals surface area contributed by atoms with Crippen LogP contribution in [0, 0.1) is 24.0 Å². The molecule has 0 aliphatic rings. The third-order valence-corrected chi connectivity index (χ3v) is 2.05. The maximum absolute atomic E-state index is 12.4. The van der Waals surface area contributed by atoms with Crippen LogP contribution in [0.4, 0.5) is 18.9 Å². The lowest BCUT2D eigenvalue weighted by atomic mass is 10.0. The zero-order chi connectivity index (χ0) is 11.8. The van der Waals surface area contributed by atoms with Gasteiger partial charge in [-0.25, -0.2) is 0 Å². The van der Waals surface area contributed by atoms with Gasteiger partial charge in [-0.3, -0.25) is 10.1 Å². The molecule has 0 fully saturated rings. The number of hydrogen-bond donors (Lipinski definition) is 0. The molecule has 82 valence electrons. The summed E-state index contributed by atoms with van der Waals surface area (Å²) in [5.41, 5.74) is -1.25. The highest BCUT2D eigenvalue weighted by molar-refractivity contribution is 5.47. The first-order valence-electron chi connectivity index (χ1n) is 4.06. The van der Waals surface area contributed by atoms with E-state index < -0.39 is 22.4 Å². The average Bonchev–Trinajstić information content (AvgIpc) is 2.00. The average molecular weight is 219 g/mol. The van der Waals surface area contributed by atoms with Gasteiger partial charge < -0.3 is 0 Å². The van der Waals surface area contributed by atoms with Crippen molar-refractivity contribution < 1.29 is 18.1 Å². The monoisotopic (exact) mass is 219 g/mol. The number of nitro benzene ring substituents is 1. The molecule has 1 rings (SSSR count). The smallest absolute Gasteiger partial charge is 0.258 e. The maximum atomic E-state index is 12.4. The fourth-order valence-corrected chi connectivity index (χ4v) is 1.34. The lowest BCUT2D eigenvalue weighted by Gasteiger charge is -2.10. The molecule has 0 aliphatic carbocycles. The van der Waals surface area contributed by atoms with Crippen molar-refractivity contribution in [3.8, 4) is 0 Å². The van der Waals surface area contributed by atoms with E-state index in [1.807, 2.05) is 0 Å². The molecule has 6 heteroatoms. The second kappa shape index (κ2) is 3.52. The van der Waals surface area contributed by atoms with E-state index in [0.29, 0.717) is 6.07 Å². The van der Waals surface area contributed by atoms with Crippen molar-refractivity contribution in [3.05, 3.63) is 38.9 Å². The summed E-state index contributed by atoms with van der Waals surface area (Å²) in [5.74, 6) is 0. The van der Waals surface area contributed by atoms with Gasteiger partial charge in [0, 0.05) is 11.6 Å². The molecule has 0 saturated carbocycles. The minimum atomic E-state index is -4.55. The Morgan fingerprint density at radius 2 is 1.73 bits per heavy atom. The molecule has 0 radical (unpaired) electrons. The molecule has 0 spiro atoms. The molecule has 0 atom stereocenters. The molecule has 1 aromatic rings. The molecule has 1 aromatic carbocycles. The van der Waals surface area contributed by atoms with Crippen LogP contribution in [0.15, 0.2) is 12.1 Å². The second-order valence-electron chi connectivity index (χ2n) is 3.21. The van der Waals surface area contributed by atoms with Crippen LogP contribution in [0.1, 0.15) is 16.7 Å². The molecule has 0 N–H and O–H groups in total. The van der Waals surface area contributed by atoms with Crippen LogP contribution < -0.4 is 0 Å². The van der Waals surface area contributed by atoms with Crippen LogP contribution in [-0.4, -0.2) is 4.92 Å². The van der Waals surface area contributed by atoms with Gasteiger partial charge in [0.15, 0.2) is 0 Å². The minimum Gasteiger partial charge on any atom is -0.258 e. The van der Waals surface area contributed by atoms with Crippen LogP contribution in [0.25, 0.3) is 0 Å². The molecular formula is C9H8F3NO2. The molecule has 0 bridgehead atoms. The number of nitrogens with zero attached hydrogens (tertiary/aromatic N) is 1. The highest BCUT2D eigenvalue weighted by atomic mass is 19.4. The number of aryl methyl sites for hydroxylation is 2. The van der Waals surface area contributed by atoms with E-state index in [4.69, 9.17) is 0 Å². The van der Waals surface area contributed by atoms with Crippen LogP contribution in [0.3, 0.4) is 0 Å². The van der Waals surface area contributed by atoms with Gasteiger partial charge in [-0.15, -0.1) is 0 Å². The van der Waals surface area contributed by atoms with Gasteiger partial charge in [0.2, 0.25) is 0 Å². The number of hydrogen-bond acceptors (Lipinski definition) is 2. The predicted molar refractivity (Wildman–Crippen MR) is 47.6 cm³/mol. The predicted octanol–water partition coefficient (Wildman–Crippen LogP) is 3.23. The summed E-state index contributed by atoms with van der Waals surface area (Å²) in [6.07, 6.45) is -4.55. The Morgan fingerprint density at radius 3 is 2.13 bits per heavy atom. The van der Waals surface area contributed by atoms with E-state index >= 15 is 0 Å². The Morgan fingerprint density at radius 1 is 1.20 bits per heavy atom. The van der Waals surface area contributed by atoms with E-state index in [-0.39, 0.29) is 11.1 Å². The number of nitro groups is 1. The van der Waals surface area contributed by atoms with Crippen LogP contribution in [0.2, 0.25) is 0 Å². The Labute approximate surface area is 83.7 Å². The Balaban J connectivity index is 3.43. The van der Waals surface area contributed by atoms with Crippen LogP contribution >= 0.6 is 0 Å². The molecule has 0 aliphatic heterocycles. The normalized spacial score (nSPS) is 11.5. The fraction of sp³-hybridized carbons (Fsp3) is 0.333. The first kappa shape index (κ1) is 11.5. The first-order chi connectivity index (χ1) is 6.73. The Kier molecular flexibility index (Phi) is 2.70. The van der Waals surface area contributed by atoms with Gasteiger partial charge in [0.25, 0.3) is 5.69 Å². The molecule has 3 nitrogen and oxygen atoms in total. The molecular weight excluding hydrogens is 211 g/mol. The zero-order valence-corrected chi connectivity index (χ0v) is 8.05. The van der Waals surface area contributed by atoms with E-state index in [1.54, 1.807) is 0 Å². The van der Waals surface area contributed by atoms with Crippen molar-refractivity contribution in [2.75, 3.05) is 0 Å². The van der Waals surface area contributed by atoms with E-state index in [0.717, 1.165) is 0 Å². The van der Waals surface area contributed by atoms with Gasteiger partial charge in [0.05, 0.1) is 10.5 Å². The molecule has 0 saturated heterocycles. The van der Waals surface area contributed by atoms with Gasteiger partial charge in [-0.2, -0.15) is 13.2 Å². The van der Waals surface area contributed by atoms with Crippen molar-refractivity contribution in [1.29, 1.82) is 0 Å². The maximum Gasteiger partial charge on any atom is 0.416 e. The topological polar surface area (TPSA) is 43.1 Å². The van der Waals surface area contributed by atoms with E-state index in [1.165, 1.54) is 19.9 Å². The fourth-order valence-electron chi connectivity index (χ4n) is 1.34. The third kappa shape index (κ3) is 2.26. The van der Waals surface area contributed by atoms with Crippen LogP contribution in [0.5, 0.6) is 0 Å². The lowest BCUT2D eigenvalue weighted by molar-refractivity contribution is -0.385.